The Kier molecular flexibility index (Phi) is 6.32. The lowest BCUT2D eigenvalue weighted by Crippen LogP contribution is -2.54. The summed E-state index contributed by atoms with van der Waals surface area (Å²) in [6, 6.07) is 15.2. The fourth-order valence-corrected chi connectivity index (χ4v) is 3.84. The fourth-order valence-electron chi connectivity index (χ4n) is 3.17. The first-order valence-electron chi connectivity index (χ1n) is 9.57. The van der Waals surface area contributed by atoms with E-state index in [4.69, 9.17) is 44.6 Å². The second-order valence-electron chi connectivity index (χ2n) is 6.71. The summed E-state index contributed by atoms with van der Waals surface area (Å²) in [5, 5.41) is 3.49. The molecule has 9 heteroatoms. The molecule has 0 spiro atoms. The van der Waals surface area contributed by atoms with Gasteiger partial charge in [0.1, 0.15) is 22.8 Å². The lowest BCUT2D eigenvalue weighted by atomic mass is 10.1. The highest BCUT2D eigenvalue weighted by atomic mass is 35.5. The summed E-state index contributed by atoms with van der Waals surface area (Å²) in [5.41, 5.74) is 0.944. The van der Waals surface area contributed by atoms with Gasteiger partial charge in [-0.1, -0.05) is 29.3 Å². The van der Waals surface area contributed by atoms with Gasteiger partial charge in [0.2, 0.25) is 0 Å². The van der Waals surface area contributed by atoms with Crippen LogP contribution in [-0.2, 0) is 9.59 Å². The van der Waals surface area contributed by atoms with Crippen LogP contribution in [0.2, 0.25) is 10.0 Å². The van der Waals surface area contributed by atoms with Gasteiger partial charge in [0.05, 0.1) is 17.3 Å². The Morgan fingerprint density at radius 2 is 1.94 bits per heavy atom. The number of anilines is 1. The van der Waals surface area contributed by atoms with Crippen molar-refractivity contribution < 1.29 is 18.7 Å². The summed E-state index contributed by atoms with van der Waals surface area (Å²) in [7, 11) is 0. The maximum absolute atomic E-state index is 13.2. The van der Waals surface area contributed by atoms with Gasteiger partial charge in [0, 0.05) is 16.7 Å². The summed E-state index contributed by atoms with van der Waals surface area (Å²) >= 11 is 17.5. The van der Waals surface area contributed by atoms with Crippen molar-refractivity contribution in [3.63, 3.8) is 0 Å². The molecule has 162 valence electrons. The third-order valence-electron chi connectivity index (χ3n) is 4.60. The minimum atomic E-state index is -0.615. The number of benzene rings is 2. The molecule has 1 saturated heterocycles. The van der Waals surface area contributed by atoms with Crippen LogP contribution in [0.25, 0.3) is 17.4 Å². The zero-order valence-corrected chi connectivity index (χ0v) is 19.1. The smallest absolute Gasteiger partial charge is 0.270 e. The van der Waals surface area contributed by atoms with E-state index >= 15 is 0 Å². The highest BCUT2D eigenvalue weighted by Gasteiger charge is 2.35. The Hall–Kier alpha value is -3.13. The monoisotopic (exact) mass is 486 g/mol. The van der Waals surface area contributed by atoms with E-state index in [1.165, 1.54) is 11.0 Å². The van der Waals surface area contributed by atoms with Crippen molar-refractivity contribution in [2.45, 2.75) is 6.92 Å². The van der Waals surface area contributed by atoms with Crippen LogP contribution in [0.15, 0.2) is 64.6 Å². The van der Waals surface area contributed by atoms with Crippen LogP contribution in [0, 0.1) is 0 Å². The predicted octanol–water partition coefficient (Wildman–Crippen LogP) is 5.48. The van der Waals surface area contributed by atoms with Crippen LogP contribution in [-0.4, -0.2) is 23.5 Å². The highest BCUT2D eigenvalue weighted by Crippen LogP contribution is 2.33. The van der Waals surface area contributed by atoms with E-state index in [0.29, 0.717) is 45.2 Å². The summed E-state index contributed by atoms with van der Waals surface area (Å²) in [4.78, 5) is 26.9. The van der Waals surface area contributed by atoms with Crippen molar-refractivity contribution in [1.29, 1.82) is 0 Å². The zero-order chi connectivity index (χ0) is 22.8. The Balaban J connectivity index is 1.67. The van der Waals surface area contributed by atoms with E-state index < -0.39 is 11.8 Å². The summed E-state index contributed by atoms with van der Waals surface area (Å²) in [5.74, 6) is 0.134. The Labute approximate surface area is 199 Å². The second kappa shape index (κ2) is 9.16. The average molecular weight is 487 g/mol. The number of furan rings is 1. The average Bonchev–Trinajstić information content (AvgIpc) is 3.22. The maximum Gasteiger partial charge on any atom is 0.270 e. The molecule has 3 aromatic rings. The van der Waals surface area contributed by atoms with Crippen molar-refractivity contribution in [3.05, 3.63) is 76.0 Å². The summed E-state index contributed by atoms with van der Waals surface area (Å²) in [6.07, 6.45) is 1.36. The molecule has 0 bridgehead atoms. The van der Waals surface area contributed by atoms with Crippen molar-refractivity contribution in [2.75, 3.05) is 11.5 Å². The number of halogens is 2. The largest absolute Gasteiger partial charge is 0.494 e. The number of amides is 2. The van der Waals surface area contributed by atoms with Gasteiger partial charge in [-0.15, -0.1) is 0 Å². The molecule has 1 aliphatic heterocycles. The van der Waals surface area contributed by atoms with Crippen LogP contribution in [0.1, 0.15) is 12.7 Å². The van der Waals surface area contributed by atoms with Gasteiger partial charge in [0.25, 0.3) is 11.8 Å². The van der Waals surface area contributed by atoms with Crippen molar-refractivity contribution in [3.8, 4) is 17.1 Å². The minimum absolute atomic E-state index is 0.0170. The van der Waals surface area contributed by atoms with Gasteiger partial charge in [0.15, 0.2) is 5.11 Å². The molecule has 0 unspecified atom stereocenters. The van der Waals surface area contributed by atoms with Gasteiger partial charge in [-0.3, -0.25) is 19.8 Å². The third kappa shape index (κ3) is 4.41. The zero-order valence-electron chi connectivity index (χ0n) is 16.7. The number of rotatable bonds is 5. The van der Waals surface area contributed by atoms with E-state index in [0.717, 1.165) is 0 Å². The molecule has 32 heavy (non-hydrogen) atoms. The van der Waals surface area contributed by atoms with Gasteiger partial charge in [-0.05, 0) is 67.7 Å². The lowest BCUT2D eigenvalue weighted by Gasteiger charge is -2.29. The lowest BCUT2D eigenvalue weighted by molar-refractivity contribution is -0.122. The normalized spacial score (nSPS) is 15.3. The van der Waals surface area contributed by atoms with Crippen LogP contribution in [0.4, 0.5) is 5.69 Å². The molecule has 2 heterocycles. The molecule has 2 aromatic carbocycles. The van der Waals surface area contributed by atoms with Gasteiger partial charge >= 0.3 is 0 Å². The van der Waals surface area contributed by atoms with Crippen LogP contribution in [0.5, 0.6) is 5.75 Å². The quantitative estimate of drug-likeness (QED) is 0.293. The van der Waals surface area contributed by atoms with Crippen LogP contribution >= 0.6 is 35.4 Å². The molecule has 6 nitrogen and oxygen atoms in total. The van der Waals surface area contributed by atoms with Crippen LogP contribution < -0.4 is 15.0 Å². The van der Waals surface area contributed by atoms with E-state index in [-0.39, 0.29) is 10.7 Å². The first-order chi connectivity index (χ1) is 15.4. The van der Waals surface area contributed by atoms with E-state index in [1.807, 2.05) is 6.92 Å². The summed E-state index contributed by atoms with van der Waals surface area (Å²) in [6.45, 7) is 2.33. The fraction of sp³-hybridized carbons (Fsp3) is 0.0870. The second-order valence-corrected chi connectivity index (χ2v) is 7.94. The number of thiocarbonyl (C=S) groups is 1. The standard InChI is InChI=1S/C23H16Cl2N2O4S/c1-2-30-15-5-3-4-14(11-15)27-22(29)18(21(28)26-23(27)32)12-16-7-9-20(31-16)17-10-13(24)6-8-19(17)25/h3-12H,2H2,1H3,(H,26,28,32). The highest BCUT2D eigenvalue weighted by molar-refractivity contribution is 7.80. The first-order valence-corrected chi connectivity index (χ1v) is 10.7. The number of nitrogens with zero attached hydrogens (tertiary/aromatic N) is 1. The van der Waals surface area contributed by atoms with Gasteiger partial charge in [-0.25, -0.2) is 0 Å². The molecule has 1 N–H and O–H groups in total. The predicted molar refractivity (Wildman–Crippen MR) is 128 cm³/mol. The third-order valence-corrected chi connectivity index (χ3v) is 5.45. The Morgan fingerprint density at radius 3 is 2.72 bits per heavy atom. The Morgan fingerprint density at radius 1 is 1.12 bits per heavy atom. The first kappa shape index (κ1) is 22.1. The molecule has 1 aromatic heterocycles. The molecule has 4 rings (SSSR count). The molecule has 0 aliphatic carbocycles. The Bertz CT molecular complexity index is 1270. The van der Waals surface area contributed by atoms with Crippen molar-refractivity contribution >= 4 is 64.1 Å². The maximum atomic E-state index is 13.2. The molecule has 1 fully saturated rings. The molecular formula is C23H16Cl2N2O4S. The van der Waals surface area contributed by atoms with Gasteiger partial charge in [-0.2, -0.15) is 0 Å². The topological polar surface area (TPSA) is 71.8 Å². The van der Waals surface area contributed by atoms with E-state index in [9.17, 15) is 9.59 Å². The molecule has 1 aliphatic rings. The number of nitrogens with one attached hydrogen (secondary N) is 1. The summed E-state index contributed by atoms with van der Waals surface area (Å²) < 4.78 is 11.3. The molecule has 2 amide bonds. The van der Waals surface area contributed by atoms with Gasteiger partial charge < -0.3 is 9.15 Å². The van der Waals surface area contributed by atoms with Crippen molar-refractivity contribution in [1.82, 2.24) is 5.32 Å². The number of ether oxygens (including phenoxy) is 1. The number of hydrogen-bond acceptors (Lipinski definition) is 5. The van der Waals surface area contributed by atoms with Crippen LogP contribution in [0.3, 0.4) is 0 Å². The molecule has 0 atom stereocenters. The number of carbonyl (C=O) groups is 2. The van der Waals surface area contributed by atoms with E-state index in [2.05, 4.69) is 5.32 Å². The molecule has 0 saturated carbocycles. The SMILES string of the molecule is CCOc1cccc(N2C(=O)C(=Cc3ccc(-c4cc(Cl)ccc4Cl)o3)C(=O)NC2=S)c1. The molecular weight excluding hydrogens is 471 g/mol. The number of carbonyl (C=O) groups excluding carboxylic acids is 2. The van der Waals surface area contributed by atoms with Crippen molar-refractivity contribution in [2.24, 2.45) is 0 Å². The number of hydrogen-bond donors (Lipinski definition) is 1. The molecule has 0 radical (unpaired) electrons. The minimum Gasteiger partial charge on any atom is -0.494 e. The van der Waals surface area contributed by atoms with E-state index in [1.54, 1.807) is 54.6 Å².